The molecule has 1 saturated heterocycles. The van der Waals surface area contributed by atoms with Crippen molar-refractivity contribution < 1.29 is 4.79 Å². The van der Waals surface area contributed by atoms with Gasteiger partial charge in [-0.1, -0.05) is 0 Å². The van der Waals surface area contributed by atoms with Crippen molar-refractivity contribution in [2.24, 2.45) is 0 Å². The number of piperidine rings is 1. The number of hydrogen-bond acceptors (Lipinski definition) is 3. The van der Waals surface area contributed by atoms with Gasteiger partial charge in [-0.15, -0.1) is 24.8 Å². The molecule has 102 valence electrons. The molecule has 1 amide bonds. The maximum atomic E-state index is 11.4. The number of halogens is 2. The van der Waals surface area contributed by atoms with Crippen LogP contribution in [-0.4, -0.2) is 49.6 Å². The van der Waals surface area contributed by atoms with E-state index >= 15 is 0 Å². The van der Waals surface area contributed by atoms with Crippen molar-refractivity contribution in [3.05, 3.63) is 0 Å². The second-order valence-corrected chi connectivity index (χ2v) is 4.64. The van der Waals surface area contributed by atoms with Crippen LogP contribution in [0.1, 0.15) is 25.7 Å². The zero-order valence-corrected chi connectivity index (χ0v) is 11.9. The van der Waals surface area contributed by atoms with E-state index in [1.54, 1.807) is 7.05 Å². The Morgan fingerprint density at radius 1 is 1.18 bits per heavy atom. The Labute approximate surface area is 116 Å². The second kappa shape index (κ2) is 8.14. The van der Waals surface area contributed by atoms with Crippen LogP contribution in [0, 0.1) is 0 Å². The Kier molecular flexibility index (Phi) is 8.12. The van der Waals surface area contributed by atoms with Crippen LogP contribution in [0.2, 0.25) is 0 Å². The van der Waals surface area contributed by atoms with Gasteiger partial charge in [-0.05, 0) is 32.7 Å². The summed E-state index contributed by atoms with van der Waals surface area (Å²) in [5.41, 5.74) is 0. The van der Waals surface area contributed by atoms with E-state index < -0.39 is 0 Å². The number of nitrogens with one attached hydrogen (secondary N) is 2. The van der Waals surface area contributed by atoms with Gasteiger partial charge in [0.05, 0.1) is 6.54 Å². The van der Waals surface area contributed by atoms with Gasteiger partial charge in [0.25, 0.3) is 0 Å². The predicted molar refractivity (Wildman–Crippen MR) is 74.2 cm³/mol. The van der Waals surface area contributed by atoms with Gasteiger partial charge in [0.15, 0.2) is 0 Å². The molecule has 2 rings (SSSR count). The Morgan fingerprint density at radius 2 is 1.76 bits per heavy atom. The Morgan fingerprint density at radius 3 is 2.24 bits per heavy atom. The third-order valence-corrected chi connectivity index (χ3v) is 3.30. The number of hydrogen-bond donors (Lipinski definition) is 2. The van der Waals surface area contributed by atoms with Crippen molar-refractivity contribution in [2.75, 3.05) is 26.7 Å². The van der Waals surface area contributed by atoms with Crippen molar-refractivity contribution >= 4 is 30.7 Å². The van der Waals surface area contributed by atoms with E-state index in [2.05, 4.69) is 15.5 Å². The molecule has 0 spiro atoms. The number of amides is 1. The van der Waals surface area contributed by atoms with Crippen LogP contribution in [0.15, 0.2) is 0 Å². The minimum atomic E-state index is 0. The normalized spacial score (nSPS) is 21.2. The molecule has 2 fully saturated rings. The minimum absolute atomic E-state index is 0. The van der Waals surface area contributed by atoms with E-state index in [-0.39, 0.29) is 30.7 Å². The largest absolute Gasteiger partial charge is 0.352 e. The molecule has 1 aliphatic heterocycles. The summed E-state index contributed by atoms with van der Waals surface area (Å²) in [6.45, 7) is 2.76. The maximum Gasteiger partial charge on any atom is 0.234 e. The monoisotopic (exact) mass is 283 g/mol. The molecule has 0 aromatic heterocycles. The topological polar surface area (TPSA) is 44.4 Å². The lowest BCUT2D eigenvalue weighted by atomic mass is 10.0. The average Bonchev–Trinajstić information content (AvgIpc) is 3.03. The molecule has 1 aliphatic carbocycles. The van der Waals surface area contributed by atoms with Crippen molar-refractivity contribution in [1.82, 2.24) is 15.5 Å². The number of rotatable bonds is 4. The summed E-state index contributed by atoms with van der Waals surface area (Å²) in [4.78, 5) is 13.9. The Hall–Kier alpha value is -0.0300. The maximum absolute atomic E-state index is 11.4. The first-order valence-corrected chi connectivity index (χ1v) is 5.97. The second-order valence-electron chi connectivity index (χ2n) is 4.64. The molecule has 4 nitrogen and oxygen atoms in total. The van der Waals surface area contributed by atoms with Crippen molar-refractivity contribution in [3.63, 3.8) is 0 Å². The van der Waals surface area contributed by atoms with Crippen LogP contribution in [0.4, 0.5) is 0 Å². The third-order valence-electron chi connectivity index (χ3n) is 3.30. The highest BCUT2D eigenvalue weighted by Crippen LogP contribution is 2.29. The molecular weight excluding hydrogens is 261 g/mol. The van der Waals surface area contributed by atoms with Crippen molar-refractivity contribution in [1.29, 1.82) is 0 Å². The lowest BCUT2D eigenvalue weighted by Crippen LogP contribution is -2.47. The smallest absolute Gasteiger partial charge is 0.234 e. The molecule has 1 heterocycles. The van der Waals surface area contributed by atoms with Crippen LogP contribution in [0.25, 0.3) is 0 Å². The zero-order chi connectivity index (χ0) is 10.7. The zero-order valence-electron chi connectivity index (χ0n) is 10.3. The van der Waals surface area contributed by atoms with Gasteiger partial charge in [-0.25, -0.2) is 0 Å². The van der Waals surface area contributed by atoms with Crippen LogP contribution < -0.4 is 10.6 Å². The standard InChI is InChI=1S/C11H21N3O.2ClH/c1-12-8-11(15)13-9-4-6-14(7-5-9)10-2-3-10;;/h9-10,12H,2-8H2,1H3,(H,13,15);2*1H. The van der Waals surface area contributed by atoms with E-state index in [1.807, 2.05) is 0 Å². The number of nitrogens with zero attached hydrogens (tertiary/aromatic N) is 1. The van der Waals surface area contributed by atoms with Gasteiger partial charge in [0.1, 0.15) is 0 Å². The number of likely N-dealkylation sites (tertiary alicyclic amines) is 1. The average molecular weight is 284 g/mol. The fraction of sp³-hybridized carbons (Fsp3) is 0.909. The van der Waals surface area contributed by atoms with E-state index in [0.717, 1.165) is 32.0 Å². The highest BCUT2D eigenvalue weighted by atomic mass is 35.5. The molecular formula is C11H23Cl2N3O. The van der Waals surface area contributed by atoms with Gasteiger partial charge in [0.2, 0.25) is 5.91 Å². The molecule has 2 N–H and O–H groups in total. The van der Waals surface area contributed by atoms with Gasteiger partial charge in [-0.3, -0.25) is 4.79 Å². The fourth-order valence-electron chi connectivity index (χ4n) is 2.29. The molecule has 1 saturated carbocycles. The quantitative estimate of drug-likeness (QED) is 0.802. The Balaban J connectivity index is 0.00000128. The molecule has 0 unspecified atom stereocenters. The van der Waals surface area contributed by atoms with E-state index in [9.17, 15) is 4.79 Å². The highest BCUT2D eigenvalue weighted by molar-refractivity contribution is 5.85. The lowest BCUT2D eigenvalue weighted by molar-refractivity contribution is -0.121. The molecule has 2 aliphatic rings. The SMILES string of the molecule is CNCC(=O)NC1CCN(C2CC2)CC1.Cl.Cl. The van der Waals surface area contributed by atoms with Gasteiger partial charge < -0.3 is 15.5 Å². The molecule has 0 aromatic carbocycles. The molecule has 0 aromatic rings. The van der Waals surface area contributed by atoms with Crippen molar-refractivity contribution in [2.45, 2.75) is 37.8 Å². The van der Waals surface area contributed by atoms with E-state index in [4.69, 9.17) is 0 Å². The van der Waals surface area contributed by atoms with Gasteiger partial charge in [0, 0.05) is 25.2 Å². The first-order valence-electron chi connectivity index (χ1n) is 5.97. The van der Waals surface area contributed by atoms with Gasteiger partial charge in [-0.2, -0.15) is 0 Å². The summed E-state index contributed by atoms with van der Waals surface area (Å²) in [7, 11) is 1.80. The number of likely N-dealkylation sites (N-methyl/N-ethyl adjacent to an activating group) is 1. The van der Waals surface area contributed by atoms with E-state index in [0.29, 0.717) is 12.6 Å². The molecule has 0 radical (unpaired) electrons. The lowest BCUT2D eigenvalue weighted by Gasteiger charge is -2.32. The first-order chi connectivity index (χ1) is 7.29. The van der Waals surface area contributed by atoms with E-state index in [1.165, 1.54) is 12.8 Å². The van der Waals surface area contributed by atoms with Crippen LogP contribution in [-0.2, 0) is 4.79 Å². The molecule has 6 heteroatoms. The first kappa shape index (κ1) is 17.0. The van der Waals surface area contributed by atoms with Crippen LogP contribution in [0.5, 0.6) is 0 Å². The minimum Gasteiger partial charge on any atom is -0.352 e. The molecule has 0 bridgehead atoms. The summed E-state index contributed by atoms with van der Waals surface area (Å²) < 4.78 is 0. The van der Waals surface area contributed by atoms with Gasteiger partial charge >= 0.3 is 0 Å². The summed E-state index contributed by atoms with van der Waals surface area (Å²) >= 11 is 0. The summed E-state index contributed by atoms with van der Waals surface area (Å²) in [6, 6.07) is 1.28. The summed E-state index contributed by atoms with van der Waals surface area (Å²) in [6.07, 6.45) is 5.01. The summed E-state index contributed by atoms with van der Waals surface area (Å²) in [5, 5.41) is 5.94. The Bertz CT molecular complexity index is 229. The fourth-order valence-corrected chi connectivity index (χ4v) is 2.29. The van der Waals surface area contributed by atoms with Crippen LogP contribution >= 0.6 is 24.8 Å². The molecule has 0 atom stereocenters. The summed E-state index contributed by atoms with van der Waals surface area (Å²) in [5.74, 6) is 0.127. The predicted octanol–water partition coefficient (Wildman–Crippen LogP) is 0.792. The van der Waals surface area contributed by atoms with Crippen LogP contribution in [0.3, 0.4) is 0 Å². The van der Waals surface area contributed by atoms with Crippen molar-refractivity contribution in [3.8, 4) is 0 Å². The molecule has 17 heavy (non-hydrogen) atoms. The highest BCUT2D eigenvalue weighted by Gasteiger charge is 2.31. The third kappa shape index (κ3) is 5.42. The number of carbonyl (C=O) groups excluding carboxylic acids is 1. The number of carbonyl (C=O) groups is 1.